The first kappa shape index (κ1) is 21.4. The molecule has 5 rings (SSSR count). The minimum Gasteiger partial charge on any atom is -0.391 e. The molecule has 0 aliphatic carbocycles. The molecule has 4 heteroatoms. The maximum Gasteiger partial charge on any atom is 0.116 e. The van der Waals surface area contributed by atoms with Crippen molar-refractivity contribution in [1.29, 1.82) is 0 Å². The van der Waals surface area contributed by atoms with E-state index in [1.54, 1.807) is 0 Å². The molecule has 0 bridgehead atoms. The van der Waals surface area contributed by atoms with Gasteiger partial charge in [-0.2, -0.15) is 0 Å². The van der Waals surface area contributed by atoms with E-state index in [9.17, 15) is 10.2 Å². The number of nitrogens with zero attached hydrogens (tertiary/aromatic N) is 2. The van der Waals surface area contributed by atoms with E-state index >= 15 is 0 Å². The number of hydrogen-bond acceptors (Lipinski definition) is 4. The summed E-state index contributed by atoms with van der Waals surface area (Å²) in [7, 11) is 0. The molecule has 3 atom stereocenters. The number of likely N-dealkylation sites (tertiary alicyclic amines) is 2. The lowest BCUT2D eigenvalue weighted by molar-refractivity contribution is -0.138. The fraction of sp³-hybridized carbons (Fsp3) is 0.357. The Kier molecular flexibility index (Phi) is 6.11. The summed E-state index contributed by atoms with van der Waals surface area (Å²) in [5.41, 5.74) is 3.13. The molecule has 2 heterocycles. The molecule has 166 valence electrons. The van der Waals surface area contributed by atoms with Gasteiger partial charge in [0, 0.05) is 25.0 Å². The monoisotopic (exact) mass is 428 g/mol. The fourth-order valence-electron chi connectivity index (χ4n) is 5.66. The van der Waals surface area contributed by atoms with E-state index in [0.717, 1.165) is 32.5 Å². The van der Waals surface area contributed by atoms with Crippen molar-refractivity contribution in [3.63, 3.8) is 0 Å². The van der Waals surface area contributed by atoms with Crippen molar-refractivity contribution < 1.29 is 10.2 Å². The molecule has 0 saturated carbocycles. The van der Waals surface area contributed by atoms with Gasteiger partial charge in [0.15, 0.2) is 0 Å². The molecule has 0 radical (unpaired) electrons. The van der Waals surface area contributed by atoms with Crippen molar-refractivity contribution in [1.82, 2.24) is 9.80 Å². The molecule has 3 aromatic carbocycles. The minimum absolute atomic E-state index is 0.0266. The normalized spacial score (nSPS) is 26.7. The molecule has 0 amide bonds. The Morgan fingerprint density at radius 3 is 1.84 bits per heavy atom. The van der Waals surface area contributed by atoms with Crippen molar-refractivity contribution in [3.05, 3.63) is 108 Å². The standard InChI is InChI=1S/C28H32N2O2/c31-25-21-29(20-22-10-4-1-5-11-22)18-16-28(25)17-19-30(27(28)32)26(23-12-6-2-7-13-23)24-14-8-3-9-15-24/h1-15,25-27,31-32H,16-21H2. The van der Waals surface area contributed by atoms with Crippen LogP contribution in [0.15, 0.2) is 91.0 Å². The molecule has 2 N–H and O–H groups in total. The van der Waals surface area contributed by atoms with Crippen molar-refractivity contribution >= 4 is 0 Å². The summed E-state index contributed by atoms with van der Waals surface area (Å²) in [5, 5.41) is 22.9. The maximum atomic E-state index is 11.7. The van der Waals surface area contributed by atoms with Crippen molar-refractivity contribution in [2.45, 2.75) is 37.8 Å². The average Bonchev–Trinajstić information content (AvgIpc) is 3.16. The van der Waals surface area contributed by atoms with E-state index in [1.165, 1.54) is 16.7 Å². The Morgan fingerprint density at radius 1 is 0.750 bits per heavy atom. The molecule has 4 nitrogen and oxygen atoms in total. The molecule has 3 aromatic rings. The summed E-state index contributed by atoms with van der Waals surface area (Å²) in [4.78, 5) is 4.51. The number of hydrogen-bond donors (Lipinski definition) is 2. The Balaban J connectivity index is 1.37. The summed E-state index contributed by atoms with van der Waals surface area (Å²) in [6.07, 6.45) is 0.383. The lowest BCUT2D eigenvalue weighted by Crippen LogP contribution is -2.56. The van der Waals surface area contributed by atoms with Crippen LogP contribution in [-0.4, -0.2) is 52.0 Å². The SMILES string of the molecule is OC1CN(Cc2ccccc2)CCC12CCN(C(c1ccccc1)c1ccccc1)C2O. The Morgan fingerprint density at radius 2 is 1.28 bits per heavy atom. The molecular weight excluding hydrogens is 396 g/mol. The third-order valence-electron chi connectivity index (χ3n) is 7.46. The third-order valence-corrected chi connectivity index (χ3v) is 7.46. The first-order valence-electron chi connectivity index (χ1n) is 11.7. The highest BCUT2D eigenvalue weighted by Gasteiger charge is 2.54. The predicted molar refractivity (Wildman–Crippen MR) is 127 cm³/mol. The molecule has 2 saturated heterocycles. The quantitative estimate of drug-likeness (QED) is 0.644. The topological polar surface area (TPSA) is 46.9 Å². The fourth-order valence-corrected chi connectivity index (χ4v) is 5.66. The summed E-state index contributed by atoms with van der Waals surface area (Å²) in [6, 6.07) is 31.2. The Bertz CT molecular complexity index is 958. The minimum atomic E-state index is -0.679. The highest BCUT2D eigenvalue weighted by Crippen LogP contribution is 2.48. The van der Waals surface area contributed by atoms with Gasteiger partial charge in [0.25, 0.3) is 0 Å². The molecule has 2 aliphatic rings. The largest absolute Gasteiger partial charge is 0.391 e. The number of β-amino-alcohol motifs (C(OH)–C–C–N with tert-alkyl or cyclic N) is 1. The van der Waals surface area contributed by atoms with E-state index in [0.29, 0.717) is 6.54 Å². The van der Waals surface area contributed by atoms with Gasteiger partial charge in [0.05, 0.1) is 12.1 Å². The first-order valence-corrected chi connectivity index (χ1v) is 11.7. The zero-order valence-corrected chi connectivity index (χ0v) is 18.4. The maximum absolute atomic E-state index is 11.7. The van der Waals surface area contributed by atoms with Crippen LogP contribution in [-0.2, 0) is 6.54 Å². The number of rotatable bonds is 5. The highest BCUT2D eigenvalue weighted by atomic mass is 16.3. The zero-order chi connectivity index (χ0) is 22.0. The number of aliphatic hydroxyl groups is 2. The highest BCUT2D eigenvalue weighted by molar-refractivity contribution is 5.32. The van der Waals surface area contributed by atoms with Crippen molar-refractivity contribution in [2.75, 3.05) is 19.6 Å². The lowest BCUT2D eigenvalue weighted by atomic mass is 9.73. The van der Waals surface area contributed by atoms with Crippen LogP contribution in [0.3, 0.4) is 0 Å². The van der Waals surface area contributed by atoms with Crippen LogP contribution < -0.4 is 0 Å². The van der Waals surface area contributed by atoms with Gasteiger partial charge in [-0.15, -0.1) is 0 Å². The summed E-state index contributed by atoms with van der Waals surface area (Å²) in [6.45, 7) is 3.09. The van der Waals surface area contributed by atoms with Gasteiger partial charge in [-0.05, 0) is 36.1 Å². The first-order chi connectivity index (χ1) is 15.7. The van der Waals surface area contributed by atoms with E-state index in [4.69, 9.17) is 0 Å². The van der Waals surface area contributed by atoms with E-state index in [2.05, 4.69) is 82.6 Å². The van der Waals surface area contributed by atoms with Crippen molar-refractivity contribution in [3.8, 4) is 0 Å². The second kappa shape index (κ2) is 9.16. The van der Waals surface area contributed by atoms with Crippen LogP contribution in [0.4, 0.5) is 0 Å². The summed E-state index contributed by atoms with van der Waals surface area (Å²) in [5.74, 6) is 0. The predicted octanol–water partition coefficient (Wildman–Crippen LogP) is 4.05. The van der Waals surface area contributed by atoms with Gasteiger partial charge in [-0.1, -0.05) is 91.0 Å². The molecule has 3 unspecified atom stereocenters. The van der Waals surface area contributed by atoms with Gasteiger partial charge in [0.2, 0.25) is 0 Å². The molecule has 0 aromatic heterocycles. The van der Waals surface area contributed by atoms with E-state index in [-0.39, 0.29) is 6.04 Å². The van der Waals surface area contributed by atoms with E-state index in [1.807, 2.05) is 18.2 Å². The second-order valence-electron chi connectivity index (χ2n) is 9.31. The smallest absolute Gasteiger partial charge is 0.116 e. The number of aliphatic hydroxyl groups excluding tert-OH is 2. The van der Waals surface area contributed by atoms with Gasteiger partial charge < -0.3 is 10.2 Å². The third kappa shape index (κ3) is 4.00. The number of piperidine rings is 1. The molecular formula is C28H32N2O2. The van der Waals surface area contributed by atoms with Crippen LogP contribution >= 0.6 is 0 Å². The van der Waals surface area contributed by atoms with Gasteiger partial charge >= 0.3 is 0 Å². The van der Waals surface area contributed by atoms with Crippen LogP contribution in [0.25, 0.3) is 0 Å². The number of benzene rings is 3. The van der Waals surface area contributed by atoms with Crippen molar-refractivity contribution in [2.24, 2.45) is 5.41 Å². The second-order valence-corrected chi connectivity index (χ2v) is 9.31. The molecule has 32 heavy (non-hydrogen) atoms. The zero-order valence-electron chi connectivity index (χ0n) is 18.4. The van der Waals surface area contributed by atoms with Gasteiger partial charge in [-0.25, -0.2) is 0 Å². The van der Waals surface area contributed by atoms with E-state index < -0.39 is 17.7 Å². The van der Waals surface area contributed by atoms with Crippen LogP contribution in [0.5, 0.6) is 0 Å². The summed E-state index contributed by atoms with van der Waals surface area (Å²) >= 11 is 0. The summed E-state index contributed by atoms with van der Waals surface area (Å²) < 4.78 is 0. The van der Waals surface area contributed by atoms with Crippen LogP contribution in [0.2, 0.25) is 0 Å². The molecule has 2 aliphatic heterocycles. The van der Waals surface area contributed by atoms with Crippen LogP contribution in [0, 0.1) is 5.41 Å². The average molecular weight is 429 g/mol. The lowest BCUT2D eigenvalue weighted by Gasteiger charge is -2.46. The molecule has 1 spiro atoms. The Hall–Kier alpha value is -2.50. The van der Waals surface area contributed by atoms with Gasteiger partial charge in [0.1, 0.15) is 6.23 Å². The Labute approximate surface area is 190 Å². The molecule has 2 fully saturated rings. The van der Waals surface area contributed by atoms with Crippen LogP contribution in [0.1, 0.15) is 35.6 Å². The van der Waals surface area contributed by atoms with Gasteiger partial charge in [-0.3, -0.25) is 9.80 Å².